The van der Waals surface area contributed by atoms with Gasteiger partial charge in [0.25, 0.3) is 0 Å². The van der Waals surface area contributed by atoms with Crippen LogP contribution in [0.3, 0.4) is 0 Å². The monoisotopic (exact) mass is 452 g/mol. The molecule has 3 rings (SSSR count). The highest BCUT2D eigenvalue weighted by Gasteiger charge is 2.34. The number of carbonyl (C=O) groups excluding carboxylic acids is 2. The van der Waals surface area contributed by atoms with E-state index in [9.17, 15) is 9.59 Å². The third-order valence-electron chi connectivity index (χ3n) is 5.72. The molecule has 8 nitrogen and oxygen atoms in total. The molecule has 0 saturated carbocycles. The van der Waals surface area contributed by atoms with E-state index in [0.29, 0.717) is 25.3 Å². The quantitative estimate of drug-likeness (QED) is 0.611. The molecule has 1 aliphatic rings. The van der Waals surface area contributed by atoms with E-state index < -0.39 is 6.04 Å². The molecule has 176 valence electrons. The fourth-order valence-electron chi connectivity index (χ4n) is 4.02. The van der Waals surface area contributed by atoms with Crippen molar-refractivity contribution in [2.24, 2.45) is 0 Å². The van der Waals surface area contributed by atoms with Gasteiger partial charge in [0.05, 0.1) is 17.8 Å². The lowest BCUT2D eigenvalue weighted by atomic mass is 9.97. The van der Waals surface area contributed by atoms with Crippen LogP contribution in [0.15, 0.2) is 45.0 Å². The van der Waals surface area contributed by atoms with Crippen LogP contribution < -0.4 is 5.32 Å². The Balaban J connectivity index is 1.61. The van der Waals surface area contributed by atoms with Crippen molar-refractivity contribution in [3.8, 4) is 0 Å². The number of nitrogens with zero attached hydrogens (tertiary/aromatic N) is 3. The number of aromatic nitrogens is 2. The first-order valence-corrected chi connectivity index (χ1v) is 11.1. The highest BCUT2D eigenvalue weighted by atomic mass is 16.5. The number of hydrogen-bond acceptors (Lipinski definition) is 6. The first-order chi connectivity index (χ1) is 15.7. The Bertz CT molecular complexity index is 1090. The third kappa shape index (κ3) is 5.88. The zero-order valence-corrected chi connectivity index (χ0v) is 20.0. The average molecular weight is 453 g/mol. The number of rotatable bonds is 8. The number of nitrogens with one attached hydrogen (secondary N) is 1. The highest BCUT2D eigenvalue weighted by molar-refractivity contribution is 5.89. The van der Waals surface area contributed by atoms with Crippen molar-refractivity contribution in [3.05, 3.63) is 64.4 Å². The zero-order valence-electron chi connectivity index (χ0n) is 20.0. The molecular formula is C25H32N4O4. The van der Waals surface area contributed by atoms with Gasteiger partial charge in [0, 0.05) is 24.7 Å². The van der Waals surface area contributed by atoms with E-state index >= 15 is 0 Å². The van der Waals surface area contributed by atoms with Gasteiger partial charge in [-0.25, -0.2) is 0 Å². The summed E-state index contributed by atoms with van der Waals surface area (Å²) in [7, 11) is 0. The Kier molecular flexibility index (Phi) is 7.68. The summed E-state index contributed by atoms with van der Waals surface area (Å²) in [5.74, 6) is 0.995. The van der Waals surface area contributed by atoms with Gasteiger partial charge < -0.3 is 19.3 Å². The summed E-state index contributed by atoms with van der Waals surface area (Å²) in [6.07, 6.45) is 5.50. The number of carbonyl (C=O) groups is 2. The van der Waals surface area contributed by atoms with Gasteiger partial charge >= 0.3 is 0 Å². The summed E-state index contributed by atoms with van der Waals surface area (Å²) in [5.41, 5.74) is 5.31. The van der Waals surface area contributed by atoms with Gasteiger partial charge in [0.2, 0.25) is 11.8 Å². The molecule has 0 unspecified atom stereocenters. The first-order valence-electron chi connectivity index (χ1n) is 11.1. The molecule has 2 amide bonds. The van der Waals surface area contributed by atoms with Crippen LogP contribution in [0.4, 0.5) is 0 Å². The van der Waals surface area contributed by atoms with Crippen molar-refractivity contribution >= 4 is 17.4 Å². The first kappa shape index (κ1) is 24.2. The van der Waals surface area contributed by atoms with Gasteiger partial charge in [-0.15, -0.1) is 0 Å². The fraction of sp³-hybridized carbons (Fsp3) is 0.440. The van der Waals surface area contributed by atoms with Crippen molar-refractivity contribution in [2.45, 2.75) is 59.9 Å². The minimum atomic E-state index is -0.460. The number of hydrogen-bond donors (Lipinski definition) is 1. The predicted octanol–water partition coefficient (Wildman–Crippen LogP) is 3.84. The summed E-state index contributed by atoms with van der Waals surface area (Å²) in [6, 6.07) is 1.28. The minimum absolute atomic E-state index is 0.111. The summed E-state index contributed by atoms with van der Waals surface area (Å²) in [4.78, 5) is 27.2. The molecule has 33 heavy (non-hydrogen) atoms. The molecule has 1 atom stereocenters. The molecule has 0 bridgehead atoms. The van der Waals surface area contributed by atoms with Gasteiger partial charge in [-0.1, -0.05) is 40.2 Å². The molecule has 1 N–H and O–H groups in total. The SMILES string of the molecule is C=C(C)/C(=C\C=C(/C)CNC(=O)[C@@H]1CCCN1C(=O)Cc1cc(C)no1)c1c(C)noc1C. The van der Waals surface area contributed by atoms with Gasteiger partial charge in [-0.2, -0.15) is 0 Å². The second-order valence-electron chi connectivity index (χ2n) is 8.65. The normalized spacial score (nSPS) is 16.9. The Morgan fingerprint density at radius 2 is 1.97 bits per heavy atom. The lowest BCUT2D eigenvalue weighted by Crippen LogP contribution is -2.46. The van der Waals surface area contributed by atoms with Crippen molar-refractivity contribution in [1.82, 2.24) is 20.5 Å². The van der Waals surface area contributed by atoms with Crippen molar-refractivity contribution in [2.75, 3.05) is 13.1 Å². The van der Waals surface area contributed by atoms with Crippen LogP contribution in [0.2, 0.25) is 0 Å². The molecule has 0 aromatic carbocycles. The number of allylic oxidation sites excluding steroid dienone is 4. The van der Waals surface area contributed by atoms with E-state index in [2.05, 4.69) is 22.2 Å². The Morgan fingerprint density at radius 1 is 1.21 bits per heavy atom. The van der Waals surface area contributed by atoms with E-state index in [1.807, 2.05) is 46.8 Å². The maximum atomic E-state index is 12.8. The Labute approximate surface area is 194 Å². The summed E-state index contributed by atoms with van der Waals surface area (Å²) in [5, 5.41) is 10.8. The molecule has 8 heteroatoms. The second kappa shape index (κ2) is 10.5. The van der Waals surface area contributed by atoms with E-state index in [4.69, 9.17) is 9.05 Å². The van der Waals surface area contributed by atoms with Gasteiger partial charge in [-0.05, 0) is 53.0 Å². The smallest absolute Gasteiger partial charge is 0.243 e. The van der Waals surface area contributed by atoms with E-state index in [0.717, 1.165) is 45.9 Å². The average Bonchev–Trinajstić information content (AvgIpc) is 3.48. The molecule has 0 spiro atoms. The van der Waals surface area contributed by atoms with Crippen LogP contribution in [-0.2, 0) is 16.0 Å². The van der Waals surface area contributed by atoms with E-state index in [1.165, 1.54) is 0 Å². The standard InChI is InChI=1S/C25H32N4O4/c1-15(2)21(24-18(5)28-32-19(24)6)10-9-16(3)14-26-25(31)22-8-7-11-29(22)23(30)13-20-12-17(4)27-33-20/h9-10,12,22H,1,7-8,11,13-14H2,2-6H3,(H,26,31)/b16-9+,21-10+/t22-/m0/s1. The molecule has 2 aromatic rings. The summed E-state index contributed by atoms with van der Waals surface area (Å²) >= 11 is 0. The molecule has 1 saturated heterocycles. The molecule has 1 aliphatic heterocycles. The largest absolute Gasteiger partial charge is 0.361 e. The number of amides is 2. The third-order valence-corrected chi connectivity index (χ3v) is 5.72. The van der Waals surface area contributed by atoms with Gasteiger partial charge in [0.15, 0.2) is 0 Å². The molecule has 0 aliphatic carbocycles. The van der Waals surface area contributed by atoms with E-state index in [1.54, 1.807) is 11.0 Å². The molecule has 0 radical (unpaired) electrons. The maximum Gasteiger partial charge on any atom is 0.243 e. The van der Waals surface area contributed by atoms with Gasteiger partial charge in [-0.3, -0.25) is 9.59 Å². The van der Waals surface area contributed by atoms with Crippen LogP contribution in [0.1, 0.15) is 55.2 Å². The van der Waals surface area contributed by atoms with Crippen molar-refractivity contribution < 1.29 is 18.6 Å². The molecule has 1 fully saturated rings. The highest BCUT2D eigenvalue weighted by Crippen LogP contribution is 2.28. The number of aryl methyl sites for hydroxylation is 3. The van der Waals surface area contributed by atoms with Crippen LogP contribution in [0.25, 0.3) is 5.57 Å². The van der Waals surface area contributed by atoms with Gasteiger partial charge in [0.1, 0.15) is 17.6 Å². The lowest BCUT2D eigenvalue weighted by Gasteiger charge is -2.23. The minimum Gasteiger partial charge on any atom is -0.361 e. The van der Waals surface area contributed by atoms with Crippen LogP contribution in [0.5, 0.6) is 0 Å². The van der Waals surface area contributed by atoms with Crippen LogP contribution in [-0.4, -0.2) is 46.2 Å². The maximum absolute atomic E-state index is 12.8. The zero-order chi connectivity index (χ0) is 24.1. The topological polar surface area (TPSA) is 101 Å². The predicted molar refractivity (Wildman–Crippen MR) is 125 cm³/mol. The van der Waals surface area contributed by atoms with E-state index in [-0.39, 0.29) is 18.2 Å². The number of likely N-dealkylation sites (tertiary alicyclic amines) is 1. The molecular weight excluding hydrogens is 420 g/mol. The second-order valence-corrected chi connectivity index (χ2v) is 8.65. The van der Waals surface area contributed by atoms with Crippen molar-refractivity contribution in [3.63, 3.8) is 0 Å². The molecule has 3 heterocycles. The molecule has 2 aromatic heterocycles. The summed E-state index contributed by atoms with van der Waals surface area (Å²) in [6.45, 7) is 14.5. The lowest BCUT2D eigenvalue weighted by molar-refractivity contribution is -0.138. The Morgan fingerprint density at radius 3 is 2.58 bits per heavy atom. The summed E-state index contributed by atoms with van der Waals surface area (Å²) < 4.78 is 10.4. The Hall–Kier alpha value is -3.42. The fourth-order valence-corrected chi connectivity index (χ4v) is 4.02. The van der Waals surface area contributed by atoms with Crippen molar-refractivity contribution in [1.29, 1.82) is 0 Å². The van der Waals surface area contributed by atoms with Crippen LogP contribution >= 0.6 is 0 Å². The van der Waals surface area contributed by atoms with Crippen LogP contribution in [0, 0.1) is 20.8 Å².